The zero-order valence-electron chi connectivity index (χ0n) is 16.0. The van der Waals surface area contributed by atoms with Crippen LogP contribution in [-0.4, -0.2) is 21.4 Å². The van der Waals surface area contributed by atoms with Gasteiger partial charge in [0.2, 0.25) is 15.9 Å². The Morgan fingerprint density at radius 3 is 2.54 bits per heavy atom. The summed E-state index contributed by atoms with van der Waals surface area (Å²) in [5, 5.41) is 3.81. The van der Waals surface area contributed by atoms with Gasteiger partial charge in [-0.05, 0) is 36.2 Å². The first-order chi connectivity index (χ1) is 13.4. The van der Waals surface area contributed by atoms with Gasteiger partial charge in [-0.25, -0.2) is 13.1 Å². The third kappa shape index (κ3) is 4.79. The summed E-state index contributed by atoms with van der Waals surface area (Å²) < 4.78 is 31.6. The van der Waals surface area contributed by atoms with Crippen molar-refractivity contribution in [3.63, 3.8) is 0 Å². The van der Waals surface area contributed by atoms with Crippen LogP contribution in [0.3, 0.4) is 0 Å². The number of fused-ring (bicyclic) bond motifs is 1. The molecule has 148 valence electrons. The summed E-state index contributed by atoms with van der Waals surface area (Å²) in [6, 6.07) is 13.2. The van der Waals surface area contributed by atoms with E-state index in [0.717, 1.165) is 28.5 Å². The van der Waals surface area contributed by atoms with Crippen molar-refractivity contribution >= 4 is 26.9 Å². The predicted molar refractivity (Wildman–Crippen MR) is 109 cm³/mol. The Morgan fingerprint density at radius 2 is 1.82 bits per heavy atom. The van der Waals surface area contributed by atoms with Gasteiger partial charge in [0, 0.05) is 17.5 Å². The van der Waals surface area contributed by atoms with Gasteiger partial charge in [0.05, 0.1) is 18.4 Å². The van der Waals surface area contributed by atoms with Gasteiger partial charge in [0.25, 0.3) is 0 Å². The predicted octanol–water partition coefficient (Wildman–Crippen LogP) is 2.90. The molecule has 0 unspecified atom stereocenters. The zero-order chi connectivity index (χ0) is 20.1. The number of hydrogen-bond acceptors (Lipinski definition) is 4. The molecule has 0 radical (unpaired) electrons. The van der Waals surface area contributed by atoms with E-state index >= 15 is 0 Å². The Morgan fingerprint density at radius 1 is 1.07 bits per heavy atom. The molecule has 0 saturated carbocycles. The smallest absolute Gasteiger partial charge is 0.224 e. The van der Waals surface area contributed by atoms with Crippen LogP contribution in [-0.2, 0) is 40.0 Å². The van der Waals surface area contributed by atoms with Crippen molar-refractivity contribution in [1.29, 1.82) is 0 Å². The fourth-order valence-electron chi connectivity index (χ4n) is 3.06. The highest BCUT2D eigenvalue weighted by Gasteiger charge is 2.14. The van der Waals surface area contributed by atoms with Gasteiger partial charge >= 0.3 is 0 Å². The van der Waals surface area contributed by atoms with E-state index in [-0.39, 0.29) is 24.6 Å². The van der Waals surface area contributed by atoms with E-state index in [1.807, 2.05) is 30.3 Å². The van der Waals surface area contributed by atoms with Crippen molar-refractivity contribution in [2.45, 2.75) is 32.1 Å². The van der Waals surface area contributed by atoms with Gasteiger partial charge in [-0.2, -0.15) is 0 Å². The Bertz CT molecular complexity index is 1090. The quantitative estimate of drug-likeness (QED) is 0.609. The van der Waals surface area contributed by atoms with Crippen LogP contribution >= 0.6 is 0 Å². The summed E-state index contributed by atoms with van der Waals surface area (Å²) >= 11 is 0. The second-order valence-corrected chi connectivity index (χ2v) is 8.56. The maximum Gasteiger partial charge on any atom is 0.224 e. The van der Waals surface area contributed by atoms with E-state index in [4.69, 9.17) is 4.42 Å². The molecule has 7 heteroatoms. The third-order valence-corrected chi connectivity index (χ3v) is 6.04. The second kappa shape index (κ2) is 8.58. The molecule has 28 heavy (non-hydrogen) atoms. The highest BCUT2D eigenvalue weighted by molar-refractivity contribution is 7.88. The molecule has 2 N–H and O–H groups in total. The SMILES string of the molecule is CCc1ccc2c(CC(=O)NCc3ccccc3CS(=O)(=O)NC)coc2c1. The highest BCUT2D eigenvalue weighted by Crippen LogP contribution is 2.23. The summed E-state index contributed by atoms with van der Waals surface area (Å²) in [7, 11) is -1.99. The minimum Gasteiger partial charge on any atom is -0.464 e. The molecule has 3 aromatic rings. The number of nitrogens with one attached hydrogen (secondary N) is 2. The molecule has 6 nitrogen and oxygen atoms in total. The fraction of sp³-hybridized carbons (Fsp3) is 0.286. The maximum absolute atomic E-state index is 12.4. The topological polar surface area (TPSA) is 88.4 Å². The normalized spacial score (nSPS) is 11.6. The minimum atomic E-state index is -3.38. The number of aryl methyl sites for hydroxylation is 1. The van der Waals surface area contributed by atoms with Crippen molar-refractivity contribution in [3.05, 3.63) is 71.0 Å². The van der Waals surface area contributed by atoms with Crippen LogP contribution in [0.1, 0.15) is 29.2 Å². The van der Waals surface area contributed by atoms with Crippen LogP contribution < -0.4 is 10.0 Å². The number of sulfonamides is 1. The van der Waals surface area contributed by atoms with E-state index in [2.05, 4.69) is 17.0 Å². The molecular weight excluding hydrogens is 376 g/mol. The van der Waals surface area contributed by atoms with Crippen LogP contribution in [0.4, 0.5) is 0 Å². The fourth-order valence-corrected chi connectivity index (χ4v) is 3.90. The number of furan rings is 1. The monoisotopic (exact) mass is 400 g/mol. The van der Waals surface area contributed by atoms with Gasteiger partial charge in [-0.1, -0.05) is 43.3 Å². The van der Waals surface area contributed by atoms with Gasteiger partial charge in [0.15, 0.2) is 0 Å². The highest BCUT2D eigenvalue weighted by atomic mass is 32.2. The van der Waals surface area contributed by atoms with Crippen molar-refractivity contribution in [3.8, 4) is 0 Å². The van der Waals surface area contributed by atoms with Crippen LogP contribution in [0.2, 0.25) is 0 Å². The number of carbonyl (C=O) groups is 1. The number of amides is 1. The first-order valence-corrected chi connectivity index (χ1v) is 10.8. The minimum absolute atomic E-state index is 0.123. The van der Waals surface area contributed by atoms with Crippen molar-refractivity contribution in [2.75, 3.05) is 7.05 Å². The van der Waals surface area contributed by atoms with E-state index in [0.29, 0.717) is 5.56 Å². The Hall–Kier alpha value is -2.64. The van der Waals surface area contributed by atoms with E-state index < -0.39 is 10.0 Å². The molecule has 0 aliphatic rings. The van der Waals surface area contributed by atoms with Crippen LogP contribution in [0, 0.1) is 0 Å². The molecule has 1 aromatic heterocycles. The largest absolute Gasteiger partial charge is 0.464 e. The average molecular weight is 401 g/mol. The summed E-state index contributed by atoms with van der Waals surface area (Å²) in [4.78, 5) is 12.4. The molecule has 0 spiro atoms. The van der Waals surface area contributed by atoms with E-state index in [9.17, 15) is 13.2 Å². The lowest BCUT2D eigenvalue weighted by Gasteiger charge is -2.11. The Kier molecular flexibility index (Phi) is 6.16. The summed E-state index contributed by atoms with van der Waals surface area (Å²) in [6.07, 6.45) is 2.75. The van der Waals surface area contributed by atoms with Crippen LogP contribution in [0.25, 0.3) is 11.0 Å². The molecule has 0 aliphatic carbocycles. The zero-order valence-corrected chi connectivity index (χ0v) is 16.8. The van der Waals surface area contributed by atoms with Gasteiger partial charge < -0.3 is 9.73 Å². The molecule has 0 fully saturated rings. The molecule has 2 aromatic carbocycles. The van der Waals surface area contributed by atoms with E-state index in [1.54, 1.807) is 18.4 Å². The van der Waals surface area contributed by atoms with Gasteiger partial charge in [0.1, 0.15) is 5.58 Å². The Balaban J connectivity index is 1.67. The molecule has 1 amide bonds. The lowest BCUT2D eigenvalue weighted by atomic mass is 10.1. The molecule has 0 atom stereocenters. The number of hydrogen-bond donors (Lipinski definition) is 2. The standard InChI is InChI=1S/C21H24N2O4S/c1-3-15-8-9-19-18(13-27-20(19)10-15)11-21(24)23-12-16-6-4-5-7-17(16)14-28(25,26)22-2/h4-10,13,22H,3,11-12,14H2,1-2H3,(H,23,24). The molecular formula is C21H24N2O4S. The molecule has 0 aliphatic heterocycles. The number of carbonyl (C=O) groups excluding carboxylic acids is 1. The lowest BCUT2D eigenvalue weighted by molar-refractivity contribution is -0.120. The van der Waals surface area contributed by atoms with Crippen molar-refractivity contribution in [2.24, 2.45) is 0 Å². The summed E-state index contributed by atoms with van der Waals surface area (Å²) in [5.74, 6) is -0.268. The van der Waals surface area contributed by atoms with Crippen LogP contribution in [0.5, 0.6) is 0 Å². The summed E-state index contributed by atoms with van der Waals surface area (Å²) in [6.45, 7) is 2.35. The molecule has 1 heterocycles. The summed E-state index contributed by atoms with van der Waals surface area (Å²) in [5.41, 5.74) is 4.24. The van der Waals surface area contributed by atoms with Crippen molar-refractivity contribution in [1.82, 2.24) is 10.0 Å². The Labute approximate surface area is 165 Å². The number of rotatable bonds is 8. The molecule has 0 bridgehead atoms. The third-order valence-electron chi connectivity index (χ3n) is 4.73. The first-order valence-electron chi connectivity index (χ1n) is 9.15. The van der Waals surface area contributed by atoms with Gasteiger partial charge in [-0.3, -0.25) is 4.79 Å². The molecule has 0 saturated heterocycles. The van der Waals surface area contributed by atoms with E-state index in [1.165, 1.54) is 12.6 Å². The first kappa shape index (κ1) is 20.1. The molecule has 3 rings (SSSR count). The number of benzene rings is 2. The van der Waals surface area contributed by atoms with Gasteiger partial charge in [-0.15, -0.1) is 0 Å². The lowest BCUT2D eigenvalue weighted by Crippen LogP contribution is -2.26. The average Bonchev–Trinajstić information content (AvgIpc) is 3.09. The van der Waals surface area contributed by atoms with Crippen molar-refractivity contribution < 1.29 is 17.6 Å². The second-order valence-electron chi connectivity index (χ2n) is 6.63. The van der Waals surface area contributed by atoms with Crippen LogP contribution in [0.15, 0.2) is 53.1 Å². The maximum atomic E-state index is 12.4.